The molecule has 1 aromatic heterocycles. The Labute approximate surface area is 76.1 Å². The number of rotatable bonds is 2. The highest BCUT2D eigenvalue weighted by Gasteiger charge is 2.01. The molecule has 13 heavy (non-hydrogen) atoms. The van der Waals surface area contributed by atoms with Crippen LogP contribution in [0.5, 0.6) is 5.75 Å². The summed E-state index contributed by atoms with van der Waals surface area (Å²) >= 11 is 0. The molecule has 4 nitrogen and oxygen atoms in total. The van der Waals surface area contributed by atoms with Gasteiger partial charge in [0, 0.05) is 12.4 Å². The first kappa shape index (κ1) is 8.13. The molecule has 0 unspecified atom stereocenters. The molecule has 2 rings (SSSR count). The standard InChI is InChI=1S/C8H8BN2O2/c1-11-8-3-2-7(13-9-12)4-6(8)5-10-11/h2-5,12H,1H3. The summed E-state index contributed by atoms with van der Waals surface area (Å²) in [6.07, 6.45) is 1.75. The monoisotopic (exact) mass is 175 g/mol. The van der Waals surface area contributed by atoms with E-state index in [0.29, 0.717) is 13.4 Å². The number of aryl methyl sites for hydroxylation is 1. The molecule has 0 saturated heterocycles. The minimum Gasteiger partial charge on any atom is -0.537 e. The van der Waals surface area contributed by atoms with E-state index in [1.54, 1.807) is 16.9 Å². The fourth-order valence-electron chi connectivity index (χ4n) is 1.28. The van der Waals surface area contributed by atoms with Gasteiger partial charge in [-0.2, -0.15) is 5.10 Å². The van der Waals surface area contributed by atoms with E-state index in [1.165, 1.54) is 0 Å². The third-order valence-electron chi connectivity index (χ3n) is 1.91. The highest BCUT2D eigenvalue weighted by atomic mass is 16.5. The Balaban J connectivity index is 2.50. The van der Waals surface area contributed by atoms with E-state index in [-0.39, 0.29) is 0 Å². The third-order valence-corrected chi connectivity index (χ3v) is 1.91. The van der Waals surface area contributed by atoms with Crippen LogP contribution in [0.15, 0.2) is 24.4 Å². The van der Waals surface area contributed by atoms with Crippen molar-refractivity contribution < 1.29 is 9.68 Å². The maximum atomic E-state index is 8.43. The lowest BCUT2D eigenvalue weighted by Gasteiger charge is -2.00. The normalized spacial score (nSPS) is 10.3. The number of nitrogens with zero attached hydrogens (tertiary/aromatic N) is 2. The smallest absolute Gasteiger partial charge is 0.537 e. The predicted molar refractivity (Wildman–Crippen MR) is 49.3 cm³/mol. The zero-order valence-electron chi connectivity index (χ0n) is 7.14. The average Bonchev–Trinajstić information content (AvgIpc) is 2.48. The van der Waals surface area contributed by atoms with Crippen molar-refractivity contribution in [1.29, 1.82) is 0 Å². The van der Waals surface area contributed by atoms with Gasteiger partial charge < -0.3 is 9.68 Å². The van der Waals surface area contributed by atoms with Crippen molar-refractivity contribution in [2.24, 2.45) is 7.05 Å². The Hall–Kier alpha value is -1.49. The molecule has 1 N–H and O–H groups in total. The van der Waals surface area contributed by atoms with Gasteiger partial charge in [-0.25, -0.2) is 0 Å². The van der Waals surface area contributed by atoms with Gasteiger partial charge in [0.05, 0.1) is 11.7 Å². The van der Waals surface area contributed by atoms with Crippen LogP contribution in [0.2, 0.25) is 0 Å². The first-order chi connectivity index (χ1) is 6.31. The highest BCUT2D eigenvalue weighted by molar-refractivity contribution is 6.17. The molecule has 1 aromatic carbocycles. The molecular formula is C8H8BN2O2. The first-order valence-corrected chi connectivity index (χ1v) is 3.85. The molecule has 1 radical (unpaired) electrons. The van der Waals surface area contributed by atoms with Crippen molar-refractivity contribution in [1.82, 2.24) is 9.78 Å². The molecule has 0 bridgehead atoms. The van der Waals surface area contributed by atoms with Crippen LogP contribution in [0.4, 0.5) is 0 Å². The Morgan fingerprint density at radius 2 is 2.38 bits per heavy atom. The Bertz CT molecular complexity index is 427. The number of hydrogen-bond donors (Lipinski definition) is 1. The maximum absolute atomic E-state index is 8.43. The lowest BCUT2D eigenvalue weighted by atomic mass is 10.2. The topological polar surface area (TPSA) is 47.3 Å². The zero-order chi connectivity index (χ0) is 9.26. The van der Waals surface area contributed by atoms with Gasteiger partial charge in [-0.05, 0) is 18.2 Å². The molecule has 0 saturated carbocycles. The Morgan fingerprint density at radius 1 is 1.54 bits per heavy atom. The van der Waals surface area contributed by atoms with Crippen LogP contribution in [0, 0.1) is 0 Å². The van der Waals surface area contributed by atoms with E-state index in [9.17, 15) is 0 Å². The lowest BCUT2D eigenvalue weighted by molar-refractivity contribution is 0.454. The molecule has 5 heteroatoms. The van der Waals surface area contributed by atoms with Crippen LogP contribution in [0.1, 0.15) is 0 Å². The van der Waals surface area contributed by atoms with Gasteiger partial charge >= 0.3 is 7.69 Å². The maximum Gasteiger partial charge on any atom is 0.569 e. The fraction of sp³-hybridized carbons (Fsp3) is 0.125. The van der Waals surface area contributed by atoms with Crippen LogP contribution in [0.3, 0.4) is 0 Å². The molecule has 0 fully saturated rings. The van der Waals surface area contributed by atoms with Crippen LogP contribution in [0.25, 0.3) is 10.9 Å². The van der Waals surface area contributed by atoms with Gasteiger partial charge in [0.15, 0.2) is 0 Å². The molecule has 0 spiro atoms. The summed E-state index contributed by atoms with van der Waals surface area (Å²) in [7, 11) is 2.54. The second kappa shape index (κ2) is 3.10. The number of benzene rings is 1. The van der Waals surface area contributed by atoms with Crippen LogP contribution >= 0.6 is 0 Å². The third kappa shape index (κ3) is 1.38. The molecule has 0 aliphatic carbocycles. The predicted octanol–water partition coefficient (Wildman–Crippen LogP) is 0.479. The van der Waals surface area contributed by atoms with Crippen molar-refractivity contribution in [3.8, 4) is 5.75 Å². The van der Waals surface area contributed by atoms with E-state index < -0.39 is 0 Å². The van der Waals surface area contributed by atoms with E-state index in [4.69, 9.17) is 9.68 Å². The summed E-state index contributed by atoms with van der Waals surface area (Å²) in [5.74, 6) is 0.600. The van der Waals surface area contributed by atoms with Gasteiger partial charge in [0.1, 0.15) is 5.75 Å². The van der Waals surface area contributed by atoms with Crippen molar-refractivity contribution in [2.45, 2.75) is 0 Å². The molecular weight excluding hydrogens is 167 g/mol. The Morgan fingerprint density at radius 3 is 3.15 bits per heavy atom. The van der Waals surface area contributed by atoms with Gasteiger partial charge in [-0.15, -0.1) is 0 Å². The second-order valence-corrected chi connectivity index (χ2v) is 2.71. The van der Waals surface area contributed by atoms with E-state index in [1.807, 2.05) is 19.2 Å². The van der Waals surface area contributed by atoms with Gasteiger partial charge in [-0.3, -0.25) is 4.68 Å². The lowest BCUT2D eigenvalue weighted by Crippen LogP contribution is -1.99. The largest absolute Gasteiger partial charge is 0.569 e. The molecule has 0 aliphatic rings. The quantitative estimate of drug-likeness (QED) is 0.675. The SMILES string of the molecule is Cn1ncc2cc(O[B]O)ccc21. The number of hydrogen-bond acceptors (Lipinski definition) is 3. The van der Waals surface area contributed by atoms with E-state index in [2.05, 4.69) is 5.10 Å². The van der Waals surface area contributed by atoms with Crippen molar-refractivity contribution in [3.63, 3.8) is 0 Å². The molecule has 0 amide bonds. The first-order valence-electron chi connectivity index (χ1n) is 3.85. The van der Waals surface area contributed by atoms with Gasteiger partial charge in [-0.1, -0.05) is 0 Å². The summed E-state index contributed by atoms with van der Waals surface area (Å²) in [6.45, 7) is 0. The second-order valence-electron chi connectivity index (χ2n) is 2.71. The van der Waals surface area contributed by atoms with E-state index in [0.717, 1.165) is 10.9 Å². The summed E-state index contributed by atoms with van der Waals surface area (Å²) in [5, 5.41) is 13.5. The number of fused-ring (bicyclic) bond motifs is 1. The summed E-state index contributed by atoms with van der Waals surface area (Å²) in [5.41, 5.74) is 1.03. The minimum atomic E-state index is 0.600. The highest BCUT2D eigenvalue weighted by Crippen LogP contribution is 2.19. The number of aromatic nitrogens is 2. The molecule has 0 aliphatic heterocycles. The van der Waals surface area contributed by atoms with Gasteiger partial charge in [0.25, 0.3) is 0 Å². The fourth-order valence-corrected chi connectivity index (χ4v) is 1.28. The van der Waals surface area contributed by atoms with E-state index >= 15 is 0 Å². The van der Waals surface area contributed by atoms with Crippen molar-refractivity contribution in [2.75, 3.05) is 0 Å². The summed E-state index contributed by atoms with van der Waals surface area (Å²) < 4.78 is 6.60. The van der Waals surface area contributed by atoms with Crippen molar-refractivity contribution in [3.05, 3.63) is 24.4 Å². The van der Waals surface area contributed by atoms with Crippen LogP contribution < -0.4 is 4.65 Å². The molecule has 65 valence electrons. The summed E-state index contributed by atoms with van der Waals surface area (Å²) in [4.78, 5) is 0. The average molecular weight is 175 g/mol. The minimum absolute atomic E-state index is 0.600. The van der Waals surface area contributed by atoms with Crippen LogP contribution in [-0.2, 0) is 7.05 Å². The molecule has 2 aromatic rings. The zero-order valence-corrected chi connectivity index (χ0v) is 7.14. The van der Waals surface area contributed by atoms with Gasteiger partial charge in [0.2, 0.25) is 0 Å². The summed E-state index contributed by atoms with van der Waals surface area (Å²) in [6, 6.07) is 5.48. The molecule has 0 atom stereocenters. The molecule has 1 heterocycles. The van der Waals surface area contributed by atoms with Crippen LogP contribution in [-0.4, -0.2) is 22.5 Å². The van der Waals surface area contributed by atoms with Crippen molar-refractivity contribution >= 4 is 18.6 Å². The Kier molecular flexibility index (Phi) is 1.94.